The van der Waals surface area contributed by atoms with Crippen molar-refractivity contribution in [3.05, 3.63) is 34.6 Å². The van der Waals surface area contributed by atoms with Crippen molar-refractivity contribution in [2.24, 2.45) is 5.73 Å². The van der Waals surface area contributed by atoms with Gasteiger partial charge >= 0.3 is 0 Å². The van der Waals surface area contributed by atoms with Gasteiger partial charge in [-0.3, -0.25) is 4.90 Å². The first-order valence-electron chi connectivity index (χ1n) is 6.58. The molecule has 1 fully saturated rings. The normalized spacial score (nSPS) is 22.3. The third-order valence-corrected chi connectivity index (χ3v) is 4.18. The van der Waals surface area contributed by atoms with E-state index in [4.69, 9.17) is 17.3 Å². The summed E-state index contributed by atoms with van der Waals surface area (Å²) >= 11 is 6.15. The molecule has 2 rings (SSSR count). The number of nitrogens with two attached hydrogens (primary N) is 1. The molecule has 18 heavy (non-hydrogen) atoms. The summed E-state index contributed by atoms with van der Waals surface area (Å²) in [5.74, 6) is -0.250. The SMILES string of the molecule is CCC1CCCN1C(CN)c1c(F)cccc1Cl. The number of hydrogen-bond acceptors (Lipinski definition) is 2. The van der Waals surface area contributed by atoms with E-state index < -0.39 is 0 Å². The molecule has 1 aliphatic rings. The molecule has 0 aliphatic carbocycles. The highest BCUT2D eigenvalue weighted by molar-refractivity contribution is 6.31. The maximum absolute atomic E-state index is 14.0. The van der Waals surface area contributed by atoms with Gasteiger partial charge < -0.3 is 5.73 Å². The second-order valence-electron chi connectivity index (χ2n) is 4.83. The van der Waals surface area contributed by atoms with Crippen molar-refractivity contribution in [3.63, 3.8) is 0 Å². The fourth-order valence-corrected chi connectivity index (χ4v) is 3.24. The van der Waals surface area contributed by atoms with Crippen molar-refractivity contribution in [1.82, 2.24) is 4.90 Å². The minimum Gasteiger partial charge on any atom is -0.329 e. The van der Waals surface area contributed by atoms with Gasteiger partial charge in [0.05, 0.1) is 6.04 Å². The lowest BCUT2D eigenvalue weighted by Crippen LogP contribution is -2.37. The highest BCUT2D eigenvalue weighted by Gasteiger charge is 2.32. The second kappa shape index (κ2) is 6.00. The lowest BCUT2D eigenvalue weighted by Gasteiger charge is -2.32. The van der Waals surface area contributed by atoms with Crippen LogP contribution >= 0.6 is 11.6 Å². The molecule has 0 bridgehead atoms. The molecule has 1 aromatic rings. The summed E-state index contributed by atoms with van der Waals surface area (Å²) in [6, 6.07) is 5.22. The van der Waals surface area contributed by atoms with E-state index in [9.17, 15) is 4.39 Å². The Bertz CT molecular complexity index is 391. The van der Waals surface area contributed by atoms with E-state index in [0.29, 0.717) is 23.2 Å². The fraction of sp³-hybridized carbons (Fsp3) is 0.571. The van der Waals surface area contributed by atoms with Crippen LogP contribution < -0.4 is 5.73 Å². The summed E-state index contributed by atoms with van der Waals surface area (Å²) < 4.78 is 14.0. The highest BCUT2D eigenvalue weighted by atomic mass is 35.5. The first kappa shape index (κ1) is 13.8. The topological polar surface area (TPSA) is 29.3 Å². The lowest BCUT2D eigenvalue weighted by molar-refractivity contribution is 0.177. The summed E-state index contributed by atoms with van der Waals surface area (Å²) in [6.45, 7) is 3.54. The average molecular weight is 271 g/mol. The van der Waals surface area contributed by atoms with Crippen molar-refractivity contribution < 1.29 is 4.39 Å². The number of halogens is 2. The van der Waals surface area contributed by atoms with Crippen LogP contribution in [-0.2, 0) is 0 Å². The molecule has 2 nitrogen and oxygen atoms in total. The number of likely N-dealkylation sites (tertiary alicyclic amines) is 1. The molecular formula is C14H20ClFN2. The average Bonchev–Trinajstić information content (AvgIpc) is 2.82. The van der Waals surface area contributed by atoms with Crippen molar-refractivity contribution in [2.45, 2.75) is 38.3 Å². The first-order chi connectivity index (χ1) is 8.69. The van der Waals surface area contributed by atoms with Crippen molar-refractivity contribution in [3.8, 4) is 0 Å². The van der Waals surface area contributed by atoms with E-state index in [2.05, 4.69) is 11.8 Å². The predicted octanol–water partition coefficient (Wildman–Crippen LogP) is 3.35. The lowest BCUT2D eigenvalue weighted by atomic mass is 10.0. The third-order valence-electron chi connectivity index (χ3n) is 3.85. The van der Waals surface area contributed by atoms with E-state index in [-0.39, 0.29) is 11.9 Å². The van der Waals surface area contributed by atoms with Gasteiger partial charge in [0.15, 0.2) is 0 Å². The Hall–Kier alpha value is -0.640. The van der Waals surface area contributed by atoms with Crippen molar-refractivity contribution in [2.75, 3.05) is 13.1 Å². The second-order valence-corrected chi connectivity index (χ2v) is 5.24. The minimum absolute atomic E-state index is 0.105. The van der Waals surface area contributed by atoms with Gasteiger partial charge in [-0.05, 0) is 37.9 Å². The largest absolute Gasteiger partial charge is 0.329 e. The van der Waals surface area contributed by atoms with Gasteiger partial charge in [0.25, 0.3) is 0 Å². The summed E-state index contributed by atoms with van der Waals surface area (Å²) in [7, 11) is 0. The van der Waals surface area contributed by atoms with Crippen LogP contribution in [-0.4, -0.2) is 24.0 Å². The summed E-state index contributed by atoms with van der Waals surface area (Å²) in [6.07, 6.45) is 3.39. The quantitative estimate of drug-likeness (QED) is 0.909. The Labute approximate surface area is 113 Å². The molecule has 2 N–H and O–H groups in total. The zero-order valence-electron chi connectivity index (χ0n) is 10.7. The Balaban J connectivity index is 2.33. The zero-order valence-corrected chi connectivity index (χ0v) is 11.5. The van der Waals surface area contributed by atoms with Crippen LogP contribution in [0, 0.1) is 5.82 Å². The number of hydrogen-bond donors (Lipinski definition) is 1. The Morgan fingerprint density at radius 2 is 2.33 bits per heavy atom. The van der Waals surface area contributed by atoms with Gasteiger partial charge in [-0.1, -0.05) is 24.6 Å². The van der Waals surface area contributed by atoms with Gasteiger partial charge in [-0.2, -0.15) is 0 Å². The number of rotatable bonds is 4. The summed E-state index contributed by atoms with van der Waals surface area (Å²) in [5, 5.41) is 0.479. The molecule has 0 radical (unpaired) electrons. The van der Waals surface area contributed by atoms with E-state index in [0.717, 1.165) is 19.4 Å². The molecule has 0 spiro atoms. The van der Waals surface area contributed by atoms with Gasteiger partial charge in [0, 0.05) is 23.2 Å². The molecular weight excluding hydrogens is 251 g/mol. The molecule has 4 heteroatoms. The number of nitrogens with zero attached hydrogens (tertiary/aromatic N) is 1. The predicted molar refractivity (Wildman–Crippen MR) is 73.2 cm³/mol. The molecule has 1 aliphatic heterocycles. The molecule has 0 amide bonds. The maximum atomic E-state index is 14.0. The summed E-state index contributed by atoms with van der Waals surface area (Å²) in [4.78, 5) is 2.31. The molecule has 100 valence electrons. The fourth-order valence-electron chi connectivity index (χ4n) is 2.95. The van der Waals surface area contributed by atoms with Crippen LogP contribution in [0.4, 0.5) is 4.39 Å². The van der Waals surface area contributed by atoms with Crippen molar-refractivity contribution in [1.29, 1.82) is 0 Å². The van der Waals surface area contributed by atoms with Crippen LogP contribution in [0.1, 0.15) is 37.8 Å². The Morgan fingerprint density at radius 3 is 2.94 bits per heavy atom. The van der Waals surface area contributed by atoms with Gasteiger partial charge in [-0.25, -0.2) is 4.39 Å². The number of benzene rings is 1. The smallest absolute Gasteiger partial charge is 0.129 e. The third kappa shape index (κ3) is 2.53. The van der Waals surface area contributed by atoms with Crippen LogP contribution in [0.5, 0.6) is 0 Å². The van der Waals surface area contributed by atoms with E-state index >= 15 is 0 Å². The van der Waals surface area contributed by atoms with Crippen LogP contribution in [0.3, 0.4) is 0 Å². The molecule has 0 aromatic heterocycles. The van der Waals surface area contributed by atoms with Crippen molar-refractivity contribution >= 4 is 11.6 Å². The van der Waals surface area contributed by atoms with E-state index in [1.807, 2.05) is 0 Å². The van der Waals surface area contributed by atoms with Crippen LogP contribution in [0.25, 0.3) is 0 Å². The monoisotopic (exact) mass is 270 g/mol. The maximum Gasteiger partial charge on any atom is 0.129 e. The summed E-state index contributed by atoms with van der Waals surface area (Å²) in [5.41, 5.74) is 6.43. The molecule has 1 saturated heterocycles. The van der Waals surface area contributed by atoms with Crippen LogP contribution in [0.15, 0.2) is 18.2 Å². The highest BCUT2D eigenvalue weighted by Crippen LogP contribution is 2.34. The van der Waals surface area contributed by atoms with Gasteiger partial charge in [0.1, 0.15) is 5.82 Å². The molecule has 1 aromatic carbocycles. The first-order valence-corrected chi connectivity index (χ1v) is 6.96. The van der Waals surface area contributed by atoms with E-state index in [1.165, 1.54) is 12.5 Å². The van der Waals surface area contributed by atoms with Crippen LogP contribution in [0.2, 0.25) is 5.02 Å². The zero-order chi connectivity index (χ0) is 13.1. The van der Waals surface area contributed by atoms with Gasteiger partial charge in [-0.15, -0.1) is 0 Å². The molecule has 2 atom stereocenters. The standard InChI is InChI=1S/C14H20ClFN2/c1-2-10-5-4-8-18(10)13(9-17)14-11(15)6-3-7-12(14)16/h3,6-7,10,13H,2,4-5,8-9,17H2,1H3. The molecule has 2 unspecified atom stereocenters. The minimum atomic E-state index is -0.250. The molecule has 1 heterocycles. The van der Waals surface area contributed by atoms with E-state index in [1.54, 1.807) is 12.1 Å². The Kier molecular flexibility index (Phi) is 4.60. The van der Waals surface area contributed by atoms with Gasteiger partial charge in [0.2, 0.25) is 0 Å². The Morgan fingerprint density at radius 1 is 1.56 bits per heavy atom. The molecule has 0 saturated carbocycles.